The first-order chi connectivity index (χ1) is 9.67. The Morgan fingerprint density at radius 2 is 1.85 bits per heavy atom. The number of halogens is 1. The van der Waals surface area contributed by atoms with Crippen molar-refractivity contribution in [2.24, 2.45) is 0 Å². The van der Waals surface area contributed by atoms with Crippen molar-refractivity contribution in [1.29, 1.82) is 5.26 Å². The average Bonchev–Trinajstić information content (AvgIpc) is 2.74. The fourth-order valence-electron chi connectivity index (χ4n) is 2.29. The lowest BCUT2D eigenvalue weighted by molar-refractivity contribution is -0.118. The van der Waals surface area contributed by atoms with Gasteiger partial charge in [0.05, 0.1) is 5.69 Å². The van der Waals surface area contributed by atoms with Crippen molar-refractivity contribution in [3.05, 3.63) is 58.6 Å². The molecule has 0 radical (unpaired) electrons. The standard InChI is InChI=1S/C15H10BrN3O/c16-11-6-2-4-8-13(11)19-15(9-17)10-5-1-3-7-12(10)18-14(15)20/h1-8,19H,(H,18,20). The molecule has 0 aliphatic carbocycles. The van der Waals surface area contributed by atoms with E-state index in [0.29, 0.717) is 16.9 Å². The number of hydrogen-bond donors (Lipinski definition) is 2. The van der Waals surface area contributed by atoms with Crippen LogP contribution in [0.5, 0.6) is 0 Å². The Balaban J connectivity index is 2.12. The number of anilines is 2. The number of carbonyl (C=O) groups is 1. The first-order valence-electron chi connectivity index (χ1n) is 6.02. The number of rotatable bonds is 2. The number of nitrogens with one attached hydrogen (secondary N) is 2. The van der Waals surface area contributed by atoms with E-state index in [-0.39, 0.29) is 5.91 Å². The molecule has 5 heteroatoms. The van der Waals surface area contributed by atoms with Gasteiger partial charge in [-0.2, -0.15) is 5.26 Å². The van der Waals surface area contributed by atoms with E-state index >= 15 is 0 Å². The van der Waals surface area contributed by atoms with Gasteiger partial charge in [0.15, 0.2) is 0 Å². The highest BCUT2D eigenvalue weighted by molar-refractivity contribution is 9.10. The summed E-state index contributed by atoms with van der Waals surface area (Å²) in [5.41, 5.74) is 0.600. The lowest BCUT2D eigenvalue weighted by atomic mass is 9.92. The van der Waals surface area contributed by atoms with Crippen LogP contribution in [-0.2, 0) is 10.3 Å². The lowest BCUT2D eigenvalue weighted by Gasteiger charge is -2.22. The number of hydrogen-bond acceptors (Lipinski definition) is 3. The van der Waals surface area contributed by atoms with Crippen LogP contribution in [0, 0.1) is 11.3 Å². The van der Waals surface area contributed by atoms with E-state index < -0.39 is 5.54 Å². The summed E-state index contributed by atoms with van der Waals surface area (Å²) in [7, 11) is 0. The molecule has 2 aromatic rings. The summed E-state index contributed by atoms with van der Waals surface area (Å²) < 4.78 is 0.798. The van der Waals surface area contributed by atoms with E-state index in [1.54, 1.807) is 12.1 Å². The van der Waals surface area contributed by atoms with Gasteiger partial charge in [-0.1, -0.05) is 30.3 Å². The SMILES string of the molecule is N#CC1(Nc2ccccc2Br)C(=O)Nc2ccccc21. The van der Waals surface area contributed by atoms with Crippen molar-refractivity contribution >= 4 is 33.2 Å². The molecule has 0 bridgehead atoms. The first kappa shape index (κ1) is 12.7. The molecule has 3 rings (SSSR count). The molecule has 0 spiro atoms. The summed E-state index contributed by atoms with van der Waals surface area (Å²) >= 11 is 3.41. The van der Waals surface area contributed by atoms with Gasteiger partial charge in [-0.25, -0.2) is 0 Å². The topological polar surface area (TPSA) is 64.9 Å². The fourth-order valence-corrected chi connectivity index (χ4v) is 2.67. The summed E-state index contributed by atoms with van der Waals surface area (Å²) in [4.78, 5) is 12.3. The van der Waals surface area contributed by atoms with Gasteiger partial charge in [0.2, 0.25) is 5.54 Å². The summed E-state index contributed by atoms with van der Waals surface area (Å²) in [6.07, 6.45) is 0. The van der Waals surface area contributed by atoms with E-state index in [0.717, 1.165) is 4.47 Å². The zero-order valence-corrected chi connectivity index (χ0v) is 11.9. The number of nitrogens with zero attached hydrogens (tertiary/aromatic N) is 1. The summed E-state index contributed by atoms with van der Waals surface area (Å²) in [5, 5.41) is 15.4. The highest BCUT2D eigenvalue weighted by Gasteiger charge is 2.47. The second-order valence-electron chi connectivity index (χ2n) is 4.47. The highest BCUT2D eigenvalue weighted by Crippen LogP contribution is 2.39. The Labute approximate surface area is 124 Å². The quantitative estimate of drug-likeness (QED) is 0.889. The van der Waals surface area contributed by atoms with Crippen LogP contribution < -0.4 is 10.6 Å². The van der Waals surface area contributed by atoms with Crippen molar-refractivity contribution < 1.29 is 4.79 Å². The molecule has 0 fully saturated rings. The molecule has 1 amide bonds. The summed E-state index contributed by atoms with van der Waals surface area (Å²) in [6, 6.07) is 16.7. The van der Waals surface area contributed by atoms with Gasteiger partial charge in [-0.05, 0) is 34.1 Å². The monoisotopic (exact) mass is 327 g/mol. The number of fused-ring (bicyclic) bond motifs is 1. The van der Waals surface area contributed by atoms with Crippen LogP contribution in [0.2, 0.25) is 0 Å². The van der Waals surface area contributed by atoms with E-state index in [4.69, 9.17) is 0 Å². The molecule has 1 heterocycles. The van der Waals surface area contributed by atoms with Crippen LogP contribution in [0.3, 0.4) is 0 Å². The molecule has 20 heavy (non-hydrogen) atoms. The maximum atomic E-state index is 12.3. The molecule has 98 valence electrons. The molecule has 0 aromatic heterocycles. The third-order valence-electron chi connectivity index (χ3n) is 3.28. The van der Waals surface area contributed by atoms with Gasteiger partial charge in [0.1, 0.15) is 6.07 Å². The van der Waals surface area contributed by atoms with Crippen molar-refractivity contribution in [3.8, 4) is 6.07 Å². The Hall–Kier alpha value is -2.32. The van der Waals surface area contributed by atoms with Gasteiger partial charge in [-0.15, -0.1) is 0 Å². The van der Waals surface area contributed by atoms with Crippen LogP contribution in [0.25, 0.3) is 0 Å². The molecule has 1 aliphatic heterocycles. The largest absolute Gasteiger partial charge is 0.355 e. The van der Waals surface area contributed by atoms with E-state index in [2.05, 4.69) is 32.6 Å². The molecular formula is C15H10BrN3O. The average molecular weight is 328 g/mol. The fraction of sp³-hybridized carbons (Fsp3) is 0.0667. The number of para-hydroxylation sites is 2. The third kappa shape index (κ3) is 1.77. The maximum absolute atomic E-state index is 12.3. The number of benzene rings is 2. The molecule has 1 atom stereocenters. The Morgan fingerprint density at radius 3 is 2.60 bits per heavy atom. The van der Waals surface area contributed by atoms with E-state index in [1.807, 2.05) is 36.4 Å². The van der Waals surface area contributed by atoms with Crippen molar-refractivity contribution in [3.63, 3.8) is 0 Å². The maximum Gasteiger partial charge on any atom is 0.269 e. The van der Waals surface area contributed by atoms with Gasteiger partial charge in [0.25, 0.3) is 5.91 Å². The predicted molar refractivity (Wildman–Crippen MR) is 80.1 cm³/mol. The minimum atomic E-state index is -1.40. The van der Waals surface area contributed by atoms with E-state index in [1.165, 1.54) is 0 Å². The number of carbonyl (C=O) groups excluding carboxylic acids is 1. The third-order valence-corrected chi connectivity index (χ3v) is 3.98. The number of amides is 1. The minimum Gasteiger partial charge on any atom is -0.355 e. The van der Waals surface area contributed by atoms with Gasteiger partial charge >= 0.3 is 0 Å². The molecule has 1 unspecified atom stereocenters. The minimum absolute atomic E-state index is 0.364. The molecule has 2 N–H and O–H groups in total. The smallest absolute Gasteiger partial charge is 0.269 e. The second-order valence-corrected chi connectivity index (χ2v) is 5.32. The second kappa shape index (κ2) is 4.66. The summed E-state index contributed by atoms with van der Waals surface area (Å²) in [6.45, 7) is 0. The zero-order chi connectivity index (χ0) is 14.2. The molecule has 0 saturated heterocycles. The van der Waals surface area contributed by atoms with Gasteiger partial charge in [0, 0.05) is 15.7 Å². The van der Waals surface area contributed by atoms with Crippen LogP contribution in [0.4, 0.5) is 11.4 Å². The lowest BCUT2D eigenvalue weighted by Crippen LogP contribution is -2.40. The molecule has 4 nitrogen and oxygen atoms in total. The molecular weight excluding hydrogens is 318 g/mol. The molecule has 0 saturated carbocycles. The van der Waals surface area contributed by atoms with Crippen molar-refractivity contribution in [2.45, 2.75) is 5.54 Å². The predicted octanol–water partition coefficient (Wildman–Crippen LogP) is 3.23. The number of nitriles is 1. The van der Waals surface area contributed by atoms with Crippen molar-refractivity contribution in [1.82, 2.24) is 0 Å². The molecule has 1 aliphatic rings. The Kier molecular flexibility index (Phi) is 2.96. The molecule has 2 aromatic carbocycles. The van der Waals surface area contributed by atoms with E-state index in [9.17, 15) is 10.1 Å². The van der Waals surface area contributed by atoms with Crippen LogP contribution in [0.1, 0.15) is 5.56 Å². The Morgan fingerprint density at radius 1 is 1.15 bits per heavy atom. The first-order valence-corrected chi connectivity index (χ1v) is 6.81. The Bertz CT molecular complexity index is 738. The summed E-state index contributed by atoms with van der Waals surface area (Å²) in [5.74, 6) is -0.364. The van der Waals surface area contributed by atoms with Gasteiger partial charge < -0.3 is 10.6 Å². The van der Waals surface area contributed by atoms with Crippen LogP contribution >= 0.6 is 15.9 Å². The van der Waals surface area contributed by atoms with Crippen LogP contribution in [0.15, 0.2) is 53.0 Å². The van der Waals surface area contributed by atoms with Crippen LogP contribution in [-0.4, -0.2) is 5.91 Å². The zero-order valence-electron chi connectivity index (χ0n) is 10.4. The van der Waals surface area contributed by atoms with Crippen molar-refractivity contribution in [2.75, 3.05) is 10.6 Å². The van der Waals surface area contributed by atoms with Gasteiger partial charge in [-0.3, -0.25) is 4.79 Å². The highest BCUT2D eigenvalue weighted by atomic mass is 79.9. The normalized spacial score (nSPS) is 19.9.